The lowest BCUT2D eigenvalue weighted by Crippen LogP contribution is -2.19. The van der Waals surface area contributed by atoms with Crippen LogP contribution in [0.15, 0.2) is 59.7 Å². The number of halogens is 1. The maximum atomic E-state index is 13.8. The van der Waals surface area contributed by atoms with Gasteiger partial charge in [0.1, 0.15) is 5.25 Å². The van der Waals surface area contributed by atoms with Crippen LogP contribution in [0.5, 0.6) is 5.75 Å². The van der Waals surface area contributed by atoms with Crippen LogP contribution in [0.3, 0.4) is 0 Å². The van der Waals surface area contributed by atoms with E-state index < -0.39 is 26.7 Å². The van der Waals surface area contributed by atoms with Gasteiger partial charge >= 0.3 is 0 Å². The number of aromatic hydroxyl groups is 1. The van der Waals surface area contributed by atoms with Crippen LogP contribution in [0.1, 0.15) is 24.0 Å². The van der Waals surface area contributed by atoms with Crippen molar-refractivity contribution in [1.29, 1.82) is 0 Å². The SMILES string of the molecule is O=S1(=O)CC(CO)=C2[C@@H](CC/C(=C/c3ccc(O)c(F)c3)c3ccccc3)OC[C@@H]21. The standard InChI is InChI=1S/C23H23FO5S/c24-19-11-15(6-8-20(19)26)10-17(16-4-2-1-3-5-16)7-9-21-23-18(12-25)14-30(27,28)22(23)13-29-21/h1-6,8,10-11,21-22,25-26H,7,9,12-14H2/b17-10-/t21-,22+/m1/s1. The van der Waals surface area contributed by atoms with Crippen molar-refractivity contribution in [3.05, 3.63) is 76.6 Å². The number of aliphatic hydroxyl groups excluding tert-OH is 1. The van der Waals surface area contributed by atoms with Gasteiger partial charge in [-0.25, -0.2) is 12.8 Å². The number of benzene rings is 2. The predicted molar refractivity (Wildman–Crippen MR) is 113 cm³/mol. The van der Waals surface area contributed by atoms with E-state index in [1.54, 1.807) is 6.07 Å². The Morgan fingerprint density at radius 1 is 1.20 bits per heavy atom. The topological polar surface area (TPSA) is 83.8 Å². The summed E-state index contributed by atoms with van der Waals surface area (Å²) in [5, 5.41) is 18.4. The summed E-state index contributed by atoms with van der Waals surface area (Å²) in [5.74, 6) is -1.19. The first-order valence-corrected chi connectivity index (χ1v) is 11.5. The zero-order valence-electron chi connectivity index (χ0n) is 16.3. The molecule has 0 bridgehead atoms. The van der Waals surface area contributed by atoms with Crippen molar-refractivity contribution in [2.45, 2.75) is 24.2 Å². The van der Waals surface area contributed by atoms with E-state index in [0.717, 1.165) is 11.1 Å². The van der Waals surface area contributed by atoms with Crippen LogP contribution < -0.4 is 0 Å². The van der Waals surface area contributed by atoms with E-state index in [-0.39, 0.29) is 25.1 Å². The van der Waals surface area contributed by atoms with Gasteiger partial charge in [-0.1, -0.05) is 42.5 Å². The van der Waals surface area contributed by atoms with Gasteiger partial charge in [-0.05, 0) is 52.8 Å². The minimum atomic E-state index is -3.31. The average Bonchev–Trinajstić information content (AvgIpc) is 3.27. The van der Waals surface area contributed by atoms with E-state index in [9.17, 15) is 23.0 Å². The summed E-state index contributed by atoms with van der Waals surface area (Å²) in [4.78, 5) is 0. The van der Waals surface area contributed by atoms with Gasteiger partial charge in [0.2, 0.25) is 0 Å². The third-order valence-corrected chi connectivity index (χ3v) is 7.69. The van der Waals surface area contributed by atoms with E-state index in [4.69, 9.17) is 4.74 Å². The number of rotatable bonds is 6. The van der Waals surface area contributed by atoms with Crippen molar-refractivity contribution in [2.24, 2.45) is 0 Å². The van der Waals surface area contributed by atoms with Crippen LogP contribution in [0, 0.1) is 5.82 Å². The van der Waals surface area contributed by atoms with Gasteiger partial charge in [-0.2, -0.15) is 0 Å². The third-order valence-electron chi connectivity index (χ3n) is 5.68. The lowest BCUT2D eigenvalue weighted by Gasteiger charge is -2.15. The average molecular weight is 430 g/mol. The molecule has 1 saturated heterocycles. The molecule has 4 rings (SSSR count). The normalized spacial score (nSPS) is 23.1. The van der Waals surface area contributed by atoms with Crippen molar-refractivity contribution in [3.8, 4) is 5.75 Å². The molecule has 7 heteroatoms. The number of hydrogen-bond donors (Lipinski definition) is 2. The summed E-state index contributed by atoms with van der Waals surface area (Å²) >= 11 is 0. The summed E-state index contributed by atoms with van der Waals surface area (Å²) in [6.07, 6.45) is 2.62. The smallest absolute Gasteiger partial charge is 0.165 e. The van der Waals surface area contributed by atoms with Crippen LogP contribution in [-0.4, -0.2) is 49.0 Å². The Bertz CT molecular complexity index is 1110. The Hall–Kier alpha value is -2.48. The number of sulfone groups is 1. The van der Waals surface area contributed by atoms with Crippen LogP contribution in [0.4, 0.5) is 4.39 Å². The van der Waals surface area contributed by atoms with E-state index in [1.807, 2.05) is 36.4 Å². The molecule has 2 aromatic rings. The molecule has 0 unspecified atom stereocenters. The Labute approximate surface area is 175 Å². The highest BCUT2D eigenvalue weighted by atomic mass is 32.2. The monoisotopic (exact) mass is 430 g/mol. The lowest BCUT2D eigenvalue weighted by atomic mass is 9.93. The first-order chi connectivity index (χ1) is 14.4. The second-order valence-electron chi connectivity index (χ2n) is 7.62. The van der Waals surface area contributed by atoms with Gasteiger partial charge in [0.25, 0.3) is 0 Å². The molecule has 0 saturated carbocycles. The molecule has 2 atom stereocenters. The number of phenols is 1. The number of aliphatic hydroxyl groups is 1. The minimum absolute atomic E-state index is 0.0997. The summed E-state index contributed by atoms with van der Waals surface area (Å²) in [5.41, 5.74) is 3.79. The molecular weight excluding hydrogens is 407 g/mol. The van der Waals surface area contributed by atoms with Gasteiger partial charge < -0.3 is 14.9 Å². The first kappa shape index (κ1) is 20.8. The zero-order valence-corrected chi connectivity index (χ0v) is 17.1. The van der Waals surface area contributed by atoms with Crippen molar-refractivity contribution < 1.29 is 27.8 Å². The molecule has 0 amide bonds. The van der Waals surface area contributed by atoms with Gasteiger partial charge in [-0.15, -0.1) is 0 Å². The van der Waals surface area contributed by atoms with E-state index in [2.05, 4.69) is 0 Å². The molecule has 158 valence electrons. The number of allylic oxidation sites excluding steroid dienone is 1. The number of hydrogen-bond acceptors (Lipinski definition) is 5. The minimum Gasteiger partial charge on any atom is -0.505 e. The fourth-order valence-electron chi connectivity index (χ4n) is 4.20. The fourth-order valence-corrected chi connectivity index (χ4v) is 6.13. The van der Waals surface area contributed by atoms with E-state index in [1.165, 1.54) is 12.1 Å². The molecule has 0 aliphatic carbocycles. The Morgan fingerprint density at radius 2 is 1.97 bits per heavy atom. The number of phenolic OH excluding ortho intramolecular Hbond substituents is 1. The zero-order chi connectivity index (χ0) is 21.3. The molecule has 1 fully saturated rings. The van der Waals surface area contributed by atoms with Crippen molar-refractivity contribution in [3.63, 3.8) is 0 Å². The molecule has 0 radical (unpaired) electrons. The van der Waals surface area contributed by atoms with E-state index in [0.29, 0.717) is 29.6 Å². The number of fused-ring (bicyclic) bond motifs is 1. The third kappa shape index (κ3) is 4.05. The van der Waals surface area contributed by atoms with Crippen molar-refractivity contribution >= 4 is 21.5 Å². The fraction of sp³-hybridized carbons (Fsp3) is 0.304. The highest BCUT2D eigenvalue weighted by molar-refractivity contribution is 7.92. The van der Waals surface area contributed by atoms with Crippen molar-refractivity contribution in [2.75, 3.05) is 19.0 Å². The quantitative estimate of drug-likeness (QED) is 0.543. The van der Waals surface area contributed by atoms with Gasteiger partial charge in [-0.3, -0.25) is 0 Å². The Kier molecular flexibility index (Phi) is 5.77. The molecule has 2 aliphatic rings. The molecular formula is C23H23FO5S. The van der Waals surface area contributed by atoms with Gasteiger partial charge in [0.05, 0.1) is 25.1 Å². The second kappa shape index (κ2) is 8.34. The highest BCUT2D eigenvalue weighted by Gasteiger charge is 2.46. The largest absolute Gasteiger partial charge is 0.505 e. The lowest BCUT2D eigenvalue weighted by molar-refractivity contribution is 0.118. The number of ether oxygens (including phenoxy) is 1. The summed E-state index contributed by atoms with van der Waals surface area (Å²) < 4.78 is 44.2. The van der Waals surface area contributed by atoms with Crippen LogP contribution in [-0.2, 0) is 14.6 Å². The second-order valence-corrected chi connectivity index (χ2v) is 9.80. The van der Waals surface area contributed by atoms with Gasteiger partial charge in [0.15, 0.2) is 21.4 Å². The molecule has 5 nitrogen and oxygen atoms in total. The first-order valence-electron chi connectivity index (χ1n) is 9.79. The van der Waals surface area contributed by atoms with Gasteiger partial charge in [0, 0.05) is 0 Å². The Morgan fingerprint density at radius 3 is 2.67 bits per heavy atom. The molecule has 0 aromatic heterocycles. The maximum absolute atomic E-state index is 13.8. The molecule has 2 aromatic carbocycles. The molecule has 0 spiro atoms. The highest BCUT2D eigenvalue weighted by Crippen LogP contribution is 2.39. The van der Waals surface area contributed by atoms with Crippen LogP contribution >= 0.6 is 0 Å². The molecule has 2 heterocycles. The summed E-state index contributed by atoms with van der Waals surface area (Å²) in [6.45, 7) is -0.154. The predicted octanol–water partition coefficient (Wildman–Crippen LogP) is 3.34. The molecule has 2 aliphatic heterocycles. The summed E-state index contributed by atoms with van der Waals surface area (Å²) in [6, 6.07) is 13.9. The Balaban J connectivity index is 1.60. The van der Waals surface area contributed by atoms with Crippen LogP contribution in [0.2, 0.25) is 0 Å². The summed E-state index contributed by atoms with van der Waals surface area (Å²) in [7, 11) is -3.31. The van der Waals surface area contributed by atoms with Crippen molar-refractivity contribution in [1.82, 2.24) is 0 Å². The maximum Gasteiger partial charge on any atom is 0.165 e. The van der Waals surface area contributed by atoms with E-state index >= 15 is 0 Å². The molecule has 30 heavy (non-hydrogen) atoms. The molecule has 2 N–H and O–H groups in total. The van der Waals surface area contributed by atoms with Crippen LogP contribution in [0.25, 0.3) is 11.6 Å².